The fraction of sp³-hybridized carbons (Fsp3) is 0.333. The molecule has 2 heterocycles. The lowest BCUT2D eigenvalue weighted by atomic mass is 10.2. The van der Waals surface area contributed by atoms with Gasteiger partial charge in [-0.2, -0.15) is 5.10 Å². The highest BCUT2D eigenvalue weighted by molar-refractivity contribution is 5.56. The maximum Gasteiger partial charge on any atom is 0.0736 e. The van der Waals surface area contributed by atoms with E-state index in [4.69, 9.17) is 0 Å². The number of aryl methyl sites for hydroxylation is 2. The molecule has 3 heteroatoms. The van der Waals surface area contributed by atoms with Crippen LogP contribution in [0, 0.1) is 6.92 Å². The maximum atomic E-state index is 4.46. The van der Waals surface area contributed by atoms with Crippen molar-refractivity contribution in [2.45, 2.75) is 26.8 Å². The van der Waals surface area contributed by atoms with Crippen LogP contribution in [0.4, 0.5) is 0 Å². The molecule has 0 saturated carbocycles. The molecule has 0 spiro atoms. The van der Waals surface area contributed by atoms with E-state index in [1.165, 1.54) is 0 Å². The van der Waals surface area contributed by atoms with Gasteiger partial charge in [0.25, 0.3) is 0 Å². The molecule has 0 aromatic carbocycles. The molecule has 0 saturated heterocycles. The second-order valence-electron chi connectivity index (χ2n) is 3.66. The van der Waals surface area contributed by atoms with Crippen LogP contribution in [0.2, 0.25) is 0 Å². The zero-order valence-corrected chi connectivity index (χ0v) is 9.14. The molecule has 2 aromatic heterocycles. The first-order valence-electron chi connectivity index (χ1n) is 5.26. The summed E-state index contributed by atoms with van der Waals surface area (Å²) in [6, 6.07) is 6.04. The first-order chi connectivity index (χ1) is 7.29. The number of rotatable bonds is 3. The van der Waals surface area contributed by atoms with Gasteiger partial charge in [0.05, 0.1) is 11.9 Å². The van der Waals surface area contributed by atoms with Crippen molar-refractivity contribution in [3.05, 3.63) is 36.3 Å². The fourth-order valence-electron chi connectivity index (χ4n) is 1.55. The van der Waals surface area contributed by atoms with E-state index >= 15 is 0 Å². The van der Waals surface area contributed by atoms with Gasteiger partial charge in [-0.05, 0) is 25.5 Å². The Labute approximate surface area is 89.8 Å². The minimum absolute atomic E-state index is 0.964. The molecular formula is C12H15N3. The molecule has 0 aliphatic carbocycles. The van der Waals surface area contributed by atoms with Crippen molar-refractivity contribution in [2.24, 2.45) is 0 Å². The van der Waals surface area contributed by atoms with Crippen LogP contribution in [-0.4, -0.2) is 14.8 Å². The molecule has 0 atom stereocenters. The van der Waals surface area contributed by atoms with Crippen LogP contribution in [-0.2, 0) is 6.54 Å². The third-order valence-electron chi connectivity index (χ3n) is 2.27. The summed E-state index contributed by atoms with van der Waals surface area (Å²) in [5.41, 5.74) is 3.13. The van der Waals surface area contributed by atoms with Gasteiger partial charge in [-0.25, -0.2) is 0 Å². The van der Waals surface area contributed by atoms with Crippen molar-refractivity contribution in [3.8, 4) is 11.3 Å². The van der Waals surface area contributed by atoms with E-state index in [1.807, 2.05) is 42.2 Å². The minimum Gasteiger partial charge on any atom is -0.272 e. The molecule has 0 aliphatic rings. The Balaban J connectivity index is 2.29. The highest BCUT2D eigenvalue weighted by Crippen LogP contribution is 2.15. The van der Waals surface area contributed by atoms with Crippen LogP contribution < -0.4 is 0 Å². The Morgan fingerprint density at radius 3 is 2.93 bits per heavy atom. The van der Waals surface area contributed by atoms with Crippen molar-refractivity contribution < 1.29 is 0 Å². The van der Waals surface area contributed by atoms with Crippen molar-refractivity contribution in [1.82, 2.24) is 14.8 Å². The van der Waals surface area contributed by atoms with Gasteiger partial charge < -0.3 is 0 Å². The van der Waals surface area contributed by atoms with Gasteiger partial charge in [-0.15, -0.1) is 0 Å². The third-order valence-corrected chi connectivity index (χ3v) is 2.27. The summed E-state index contributed by atoms with van der Waals surface area (Å²) in [6.07, 6.45) is 5.02. The van der Waals surface area contributed by atoms with Gasteiger partial charge >= 0.3 is 0 Å². The summed E-state index contributed by atoms with van der Waals surface area (Å²) in [4.78, 5) is 4.46. The van der Waals surface area contributed by atoms with Gasteiger partial charge in [-0.3, -0.25) is 9.67 Å². The normalized spacial score (nSPS) is 10.5. The maximum absolute atomic E-state index is 4.46. The molecule has 0 fully saturated rings. The predicted molar refractivity (Wildman–Crippen MR) is 60.5 cm³/mol. The minimum atomic E-state index is 0.964. The summed E-state index contributed by atoms with van der Waals surface area (Å²) in [7, 11) is 0. The topological polar surface area (TPSA) is 30.7 Å². The van der Waals surface area contributed by atoms with Crippen LogP contribution >= 0.6 is 0 Å². The van der Waals surface area contributed by atoms with Crippen LogP contribution in [0.25, 0.3) is 11.3 Å². The highest BCUT2D eigenvalue weighted by Gasteiger charge is 2.02. The molecule has 2 aromatic rings. The van der Waals surface area contributed by atoms with E-state index in [9.17, 15) is 0 Å². The summed E-state index contributed by atoms with van der Waals surface area (Å²) >= 11 is 0. The quantitative estimate of drug-likeness (QED) is 0.764. The van der Waals surface area contributed by atoms with Gasteiger partial charge in [0.15, 0.2) is 0 Å². The number of nitrogens with zero attached hydrogens (tertiary/aromatic N) is 3. The van der Waals surface area contributed by atoms with Crippen molar-refractivity contribution in [3.63, 3.8) is 0 Å². The third kappa shape index (κ3) is 2.24. The van der Waals surface area contributed by atoms with Gasteiger partial charge in [0.2, 0.25) is 0 Å². The van der Waals surface area contributed by atoms with Crippen molar-refractivity contribution >= 4 is 0 Å². The number of hydrogen-bond donors (Lipinski definition) is 0. The standard InChI is InChI=1S/C12H15N3/c1-3-7-15-9-11(8-13-15)12-6-4-5-10(2)14-12/h4-6,8-9H,3,7H2,1-2H3. The Hall–Kier alpha value is -1.64. The second-order valence-corrected chi connectivity index (χ2v) is 3.66. The van der Waals surface area contributed by atoms with Crippen molar-refractivity contribution in [2.75, 3.05) is 0 Å². The van der Waals surface area contributed by atoms with E-state index < -0.39 is 0 Å². The molecule has 0 N–H and O–H groups in total. The first kappa shape index (κ1) is 9.90. The van der Waals surface area contributed by atoms with Gasteiger partial charge in [-0.1, -0.05) is 13.0 Å². The number of hydrogen-bond acceptors (Lipinski definition) is 2. The average Bonchev–Trinajstić information content (AvgIpc) is 2.67. The fourth-order valence-corrected chi connectivity index (χ4v) is 1.55. The molecule has 0 amide bonds. The van der Waals surface area contributed by atoms with Crippen LogP contribution in [0.15, 0.2) is 30.6 Å². The Morgan fingerprint density at radius 2 is 2.20 bits per heavy atom. The smallest absolute Gasteiger partial charge is 0.0736 e. The van der Waals surface area contributed by atoms with E-state index in [0.717, 1.165) is 29.9 Å². The first-order valence-corrected chi connectivity index (χ1v) is 5.26. The summed E-state index contributed by atoms with van der Waals surface area (Å²) in [5.74, 6) is 0. The van der Waals surface area contributed by atoms with Crippen LogP contribution in [0.3, 0.4) is 0 Å². The lowest BCUT2D eigenvalue weighted by Gasteiger charge is -1.98. The molecule has 2 rings (SSSR count). The van der Waals surface area contributed by atoms with E-state index in [2.05, 4.69) is 17.0 Å². The van der Waals surface area contributed by atoms with E-state index in [-0.39, 0.29) is 0 Å². The van der Waals surface area contributed by atoms with Crippen LogP contribution in [0.5, 0.6) is 0 Å². The summed E-state index contributed by atoms with van der Waals surface area (Å²) in [6.45, 7) is 5.11. The predicted octanol–water partition coefficient (Wildman–Crippen LogP) is 2.66. The van der Waals surface area contributed by atoms with Gasteiger partial charge in [0.1, 0.15) is 0 Å². The molecule has 0 unspecified atom stereocenters. The Bertz CT molecular complexity index is 446. The molecule has 0 radical (unpaired) electrons. The SMILES string of the molecule is CCCn1cc(-c2cccc(C)n2)cn1. The largest absolute Gasteiger partial charge is 0.272 e. The second kappa shape index (κ2) is 4.26. The lowest BCUT2D eigenvalue weighted by molar-refractivity contribution is 0.603. The average molecular weight is 201 g/mol. The number of aromatic nitrogens is 3. The number of pyridine rings is 1. The highest BCUT2D eigenvalue weighted by atomic mass is 15.3. The van der Waals surface area contributed by atoms with Crippen LogP contribution in [0.1, 0.15) is 19.0 Å². The zero-order valence-electron chi connectivity index (χ0n) is 9.14. The lowest BCUT2D eigenvalue weighted by Crippen LogP contribution is -1.95. The monoisotopic (exact) mass is 201 g/mol. The Kier molecular flexibility index (Phi) is 2.81. The molecule has 3 nitrogen and oxygen atoms in total. The summed E-state index contributed by atoms with van der Waals surface area (Å²) < 4.78 is 1.96. The van der Waals surface area contributed by atoms with Crippen molar-refractivity contribution in [1.29, 1.82) is 0 Å². The van der Waals surface area contributed by atoms with E-state index in [1.54, 1.807) is 0 Å². The molecule has 0 aliphatic heterocycles. The summed E-state index contributed by atoms with van der Waals surface area (Å²) in [5, 5.41) is 4.29. The molecule has 15 heavy (non-hydrogen) atoms. The molecule has 78 valence electrons. The van der Waals surface area contributed by atoms with Gasteiger partial charge in [0, 0.05) is 24.0 Å². The zero-order chi connectivity index (χ0) is 10.7. The molecule has 0 bridgehead atoms. The van der Waals surface area contributed by atoms with E-state index in [0.29, 0.717) is 0 Å². The molecular weight excluding hydrogens is 186 g/mol. The Morgan fingerprint density at radius 1 is 1.33 bits per heavy atom.